The van der Waals surface area contributed by atoms with Crippen LogP contribution in [0.15, 0.2) is 59.4 Å². The number of ether oxygens (including phenoxy) is 3. The number of para-hydroxylation sites is 1. The number of alkyl halides is 2. The number of carbonyl (C=O) groups is 1. The molecule has 3 fully saturated rings. The summed E-state index contributed by atoms with van der Waals surface area (Å²) in [6.45, 7) is 8.06. The lowest BCUT2D eigenvalue weighted by atomic mass is 9.90. The Morgan fingerprint density at radius 3 is 2.69 bits per heavy atom. The first kappa shape index (κ1) is 33.7. The van der Waals surface area contributed by atoms with E-state index in [0.717, 1.165) is 11.6 Å². The molecule has 0 radical (unpaired) electrons. The molecule has 0 bridgehead atoms. The van der Waals surface area contributed by atoms with Gasteiger partial charge in [-0.1, -0.05) is 37.8 Å². The molecule has 0 saturated carbocycles. The number of carboxylic acids is 1. The SMILES string of the molecule is CC(C)c1nc(N2C[C@@H](Oc3ncc(C#Cc4ccncc4C(F)F)cc3N3CCOC4(COC4)[C@@H]3C)C[C@H]2C(=O)O)c2oc3ccccc3c2n1. The molecule has 0 amide bonds. The van der Waals surface area contributed by atoms with E-state index in [0.29, 0.717) is 71.8 Å². The van der Waals surface area contributed by atoms with Crippen molar-refractivity contribution in [3.05, 3.63) is 77.5 Å². The highest BCUT2D eigenvalue weighted by Crippen LogP contribution is 2.41. The molecule has 52 heavy (non-hydrogen) atoms. The Balaban J connectivity index is 1.16. The zero-order valence-corrected chi connectivity index (χ0v) is 28.8. The molecule has 3 saturated heterocycles. The van der Waals surface area contributed by atoms with Gasteiger partial charge in [-0.3, -0.25) is 4.98 Å². The molecule has 5 aromatic rings. The number of hydrogen-bond acceptors (Lipinski definition) is 11. The van der Waals surface area contributed by atoms with E-state index >= 15 is 0 Å². The molecule has 12 nitrogen and oxygen atoms in total. The summed E-state index contributed by atoms with van der Waals surface area (Å²) in [5.74, 6) is 6.07. The second-order valence-electron chi connectivity index (χ2n) is 13.7. The number of nitrogens with zero attached hydrogens (tertiary/aromatic N) is 6. The Morgan fingerprint density at radius 2 is 1.94 bits per heavy atom. The van der Waals surface area contributed by atoms with Crippen LogP contribution in [0, 0.1) is 11.8 Å². The minimum Gasteiger partial charge on any atom is -0.480 e. The van der Waals surface area contributed by atoms with Crippen molar-refractivity contribution < 1.29 is 37.3 Å². The van der Waals surface area contributed by atoms with Gasteiger partial charge in [0, 0.05) is 54.0 Å². The molecule has 1 aromatic carbocycles. The summed E-state index contributed by atoms with van der Waals surface area (Å²) < 4.78 is 51.9. The Labute approximate surface area is 297 Å². The fourth-order valence-electron chi connectivity index (χ4n) is 7.10. The Morgan fingerprint density at radius 1 is 1.12 bits per heavy atom. The molecule has 3 aliphatic rings. The third-order valence-corrected chi connectivity index (χ3v) is 10.0. The zero-order valence-electron chi connectivity index (χ0n) is 28.8. The van der Waals surface area contributed by atoms with Crippen LogP contribution in [-0.2, 0) is 14.3 Å². The number of aromatic nitrogens is 4. The highest BCUT2D eigenvalue weighted by atomic mass is 19.3. The number of furan rings is 1. The van der Waals surface area contributed by atoms with Crippen molar-refractivity contribution in [3.63, 3.8) is 0 Å². The highest BCUT2D eigenvalue weighted by molar-refractivity contribution is 6.06. The summed E-state index contributed by atoms with van der Waals surface area (Å²) in [6.07, 6.45) is 0.900. The Bertz CT molecular complexity index is 2230. The fraction of sp³-hybridized carbons (Fsp3) is 0.395. The highest BCUT2D eigenvalue weighted by Gasteiger charge is 2.50. The van der Waals surface area contributed by atoms with Gasteiger partial charge in [0.25, 0.3) is 6.43 Å². The maximum atomic E-state index is 13.6. The van der Waals surface area contributed by atoms with E-state index in [1.54, 1.807) is 4.90 Å². The minimum atomic E-state index is -2.72. The van der Waals surface area contributed by atoms with E-state index in [1.165, 1.54) is 18.5 Å². The summed E-state index contributed by atoms with van der Waals surface area (Å²) in [7, 11) is 0. The third-order valence-electron chi connectivity index (χ3n) is 10.0. The second-order valence-corrected chi connectivity index (χ2v) is 13.7. The van der Waals surface area contributed by atoms with Crippen LogP contribution in [0.5, 0.6) is 5.88 Å². The maximum Gasteiger partial charge on any atom is 0.326 e. The van der Waals surface area contributed by atoms with E-state index in [2.05, 4.69) is 26.7 Å². The summed E-state index contributed by atoms with van der Waals surface area (Å²) in [5.41, 5.74) is 2.22. The Kier molecular flexibility index (Phi) is 8.63. The van der Waals surface area contributed by atoms with Crippen LogP contribution >= 0.6 is 0 Å². The monoisotopic (exact) mass is 710 g/mol. The largest absolute Gasteiger partial charge is 0.480 e. The van der Waals surface area contributed by atoms with E-state index in [4.69, 9.17) is 28.6 Å². The maximum absolute atomic E-state index is 13.6. The van der Waals surface area contributed by atoms with Gasteiger partial charge in [0.05, 0.1) is 38.0 Å². The molecule has 14 heteroatoms. The Hall–Kier alpha value is -5.39. The number of anilines is 2. The number of halogens is 2. The number of morpholine rings is 1. The van der Waals surface area contributed by atoms with Crippen molar-refractivity contribution in [2.24, 2.45) is 0 Å². The molecule has 8 rings (SSSR count). The molecule has 7 heterocycles. The van der Waals surface area contributed by atoms with Gasteiger partial charge in [-0.15, -0.1) is 0 Å². The van der Waals surface area contributed by atoms with Crippen molar-refractivity contribution in [3.8, 4) is 17.7 Å². The quantitative estimate of drug-likeness (QED) is 0.207. The summed E-state index contributed by atoms with van der Waals surface area (Å²) in [5, 5.41) is 11.3. The number of benzene rings is 1. The second kappa shape index (κ2) is 13.3. The lowest BCUT2D eigenvalue weighted by Crippen LogP contribution is -2.68. The van der Waals surface area contributed by atoms with Crippen LogP contribution in [-0.4, -0.2) is 87.7 Å². The van der Waals surface area contributed by atoms with Gasteiger partial charge in [0.15, 0.2) is 11.4 Å². The molecule has 268 valence electrons. The van der Waals surface area contributed by atoms with Crippen molar-refractivity contribution in [1.82, 2.24) is 19.9 Å². The van der Waals surface area contributed by atoms with Crippen LogP contribution in [0.25, 0.3) is 22.1 Å². The number of carboxylic acid groups (broad SMARTS) is 1. The van der Waals surface area contributed by atoms with Gasteiger partial charge < -0.3 is 33.5 Å². The smallest absolute Gasteiger partial charge is 0.326 e. The lowest BCUT2D eigenvalue weighted by molar-refractivity contribution is -0.228. The van der Waals surface area contributed by atoms with Crippen molar-refractivity contribution >= 4 is 39.5 Å². The first-order chi connectivity index (χ1) is 25.1. The van der Waals surface area contributed by atoms with Crippen molar-refractivity contribution in [2.75, 3.05) is 42.7 Å². The van der Waals surface area contributed by atoms with Crippen molar-refractivity contribution in [1.29, 1.82) is 0 Å². The summed E-state index contributed by atoms with van der Waals surface area (Å²) in [6, 6.07) is 9.74. The fourth-order valence-corrected chi connectivity index (χ4v) is 7.10. The van der Waals surface area contributed by atoms with Crippen LogP contribution in [0.4, 0.5) is 20.3 Å². The molecule has 0 aliphatic carbocycles. The average molecular weight is 711 g/mol. The van der Waals surface area contributed by atoms with Crippen LogP contribution in [0.2, 0.25) is 0 Å². The van der Waals surface area contributed by atoms with Crippen LogP contribution in [0.1, 0.15) is 62.1 Å². The molecule has 1 N–H and O–H groups in total. The summed E-state index contributed by atoms with van der Waals surface area (Å²) >= 11 is 0. The lowest BCUT2D eigenvalue weighted by Gasteiger charge is -2.53. The third kappa shape index (κ3) is 5.93. The molecular formula is C38H36F2N6O6. The molecular weight excluding hydrogens is 674 g/mol. The molecule has 3 atom stereocenters. The minimum absolute atomic E-state index is 0.0245. The number of rotatable bonds is 7. The van der Waals surface area contributed by atoms with Gasteiger partial charge >= 0.3 is 5.97 Å². The molecule has 0 unspecified atom stereocenters. The molecule has 1 spiro atoms. The van der Waals surface area contributed by atoms with Crippen LogP contribution < -0.4 is 14.5 Å². The van der Waals surface area contributed by atoms with Gasteiger partial charge in [-0.25, -0.2) is 28.5 Å². The topological polar surface area (TPSA) is 136 Å². The number of hydrogen-bond donors (Lipinski definition) is 1. The first-order valence-electron chi connectivity index (χ1n) is 17.2. The van der Waals surface area contributed by atoms with Gasteiger partial charge in [0.1, 0.15) is 40.4 Å². The zero-order chi connectivity index (χ0) is 36.1. The summed E-state index contributed by atoms with van der Waals surface area (Å²) in [4.78, 5) is 34.8. The van der Waals surface area contributed by atoms with E-state index in [1.807, 2.05) is 51.1 Å². The molecule has 3 aliphatic heterocycles. The van der Waals surface area contributed by atoms with E-state index < -0.39 is 30.1 Å². The predicted octanol–water partition coefficient (Wildman–Crippen LogP) is 5.73. The normalized spacial score (nSPS) is 21.2. The number of pyridine rings is 2. The van der Waals surface area contributed by atoms with Crippen LogP contribution in [0.3, 0.4) is 0 Å². The standard InChI is InChI=1S/C38H36F2N6O6/c1-21(2)34-43-31-26-6-4-5-7-30(26)52-32(31)35(44-34)46-18-25(15-29(46)37(47)48)51-36-28(45-12-13-50-38(22(45)3)19-49-20-38)14-23(16-42-36)8-9-24-10-11-41-17-27(24)33(39)40/h4-7,10-11,14,16-17,21-22,25,29,33H,12-13,15,18-20H2,1-3H3,(H,47,48)/t22-,25-,29-/m0/s1. The average Bonchev–Trinajstić information content (AvgIpc) is 3.72. The van der Waals surface area contributed by atoms with E-state index in [9.17, 15) is 18.7 Å². The van der Waals surface area contributed by atoms with E-state index in [-0.39, 0.29) is 36.1 Å². The number of aliphatic carboxylic acids is 1. The predicted molar refractivity (Wildman–Crippen MR) is 187 cm³/mol. The first-order valence-corrected chi connectivity index (χ1v) is 17.2. The van der Waals surface area contributed by atoms with Gasteiger partial charge in [-0.2, -0.15) is 0 Å². The van der Waals surface area contributed by atoms with Crippen molar-refractivity contribution in [2.45, 2.75) is 63.3 Å². The number of fused-ring (bicyclic) bond motifs is 3. The molecule has 4 aromatic heterocycles. The van der Waals surface area contributed by atoms with Gasteiger partial charge in [0.2, 0.25) is 5.88 Å². The van der Waals surface area contributed by atoms with Gasteiger partial charge in [-0.05, 0) is 31.2 Å².